The van der Waals surface area contributed by atoms with Crippen LogP contribution < -0.4 is 4.74 Å². The van der Waals surface area contributed by atoms with Gasteiger partial charge in [0, 0.05) is 30.4 Å². The van der Waals surface area contributed by atoms with Gasteiger partial charge in [0.25, 0.3) is 5.91 Å². The smallest absolute Gasteiger partial charge is 0.286 e. The zero-order valence-corrected chi connectivity index (χ0v) is 26.1. The highest BCUT2D eigenvalue weighted by atomic mass is 32.2. The number of aromatic nitrogens is 2. The molecule has 3 heterocycles. The average Bonchev–Trinajstić information content (AvgIpc) is 3.69. The van der Waals surface area contributed by atoms with Crippen LogP contribution >= 0.6 is 11.8 Å². The van der Waals surface area contributed by atoms with E-state index in [9.17, 15) is 9.18 Å². The fraction of sp³-hybridized carbons (Fsp3) is 0.184. The van der Waals surface area contributed by atoms with E-state index in [2.05, 4.69) is 40.2 Å². The number of hydrogen-bond donors (Lipinski definition) is 0. The summed E-state index contributed by atoms with van der Waals surface area (Å²) in [6.45, 7) is 2.14. The summed E-state index contributed by atoms with van der Waals surface area (Å²) in [7, 11) is 0. The Kier molecular flexibility index (Phi) is 8.78. The number of carbonyl (C=O) groups excluding carboxylic acids is 1. The summed E-state index contributed by atoms with van der Waals surface area (Å²) in [4.78, 5) is 20.5. The van der Waals surface area contributed by atoms with Gasteiger partial charge >= 0.3 is 0 Å². The van der Waals surface area contributed by atoms with Gasteiger partial charge in [0.1, 0.15) is 18.2 Å². The minimum Gasteiger partial charge on any atom is -0.489 e. The highest BCUT2D eigenvalue weighted by molar-refractivity contribution is 8.18. The third-order valence-electron chi connectivity index (χ3n) is 8.36. The molecule has 4 aromatic carbocycles. The van der Waals surface area contributed by atoms with Gasteiger partial charge in [-0.2, -0.15) is 10.1 Å². The van der Waals surface area contributed by atoms with Gasteiger partial charge < -0.3 is 9.64 Å². The van der Waals surface area contributed by atoms with Gasteiger partial charge in [0.15, 0.2) is 5.17 Å². The number of benzene rings is 4. The quantitative estimate of drug-likeness (QED) is 0.162. The molecule has 0 aliphatic carbocycles. The predicted octanol–water partition coefficient (Wildman–Crippen LogP) is 8.18. The molecule has 1 amide bonds. The van der Waals surface area contributed by atoms with Crippen LogP contribution in [0.2, 0.25) is 0 Å². The van der Waals surface area contributed by atoms with Gasteiger partial charge in [-0.3, -0.25) is 4.79 Å². The summed E-state index contributed by atoms with van der Waals surface area (Å²) in [6, 6.07) is 34.6. The second-order valence-electron chi connectivity index (χ2n) is 11.6. The van der Waals surface area contributed by atoms with E-state index in [0.29, 0.717) is 23.2 Å². The lowest BCUT2D eigenvalue weighted by atomic mass is 9.90. The number of piperidine rings is 1. The van der Waals surface area contributed by atoms with Crippen LogP contribution in [0.25, 0.3) is 23.0 Å². The largest absolute Gasteiger partial charge is 0.489 e. The minimum atomic E-state index is -0.270. The van der Waals surface area contributed by atoms with E-state index >= 15 is 0 Å². The first-order valence-corrected chi connectivity index (χ1v) is 16.3. The van der Waals surface area contributed by atoms with Crippen LogP contribution in [0.3, 0.4) is 0 Å². The van der Waals surface area contributed by atoms with Gasteiger partial charge in [-0.15, -0.1) is 0 Å². The van der Waals surface area contributed by atoms with Crippen molar-refractivity contribution in [3.8, 4) is 22.7 Å². The van der Waals surface area contributed by atoms with Crippen molar-refractivity contribution in [3.63, 3.8) is 0 Å². The molecule has 6 nitrogen and oxygen atoms in total. The van der Waals surface area contributed by atoms with E-state index in [1.807, 2.05) is 71.6 Å². The lowest BCUT2D eigenvalue weighted by molar-refractivity contribution is -0.113. The lowest BCUT2D eigenvalue weighted by Crippen LogP contribution is -2.37. The van der Waals surface area contributed by atoms with Crippen LogP contribution in [-0.2, 0) is 17.8 Å². The number of rotatable bonds is 8. The second kappa shape index (κ2) is 13.6. The van der Waals surface area contributed by atoms with Gasteiger partial charge in [0.05, 0.1) is 16.3 Å². The molecule has 230 valence electrons. The van der Waals surface area contributed by atoms with Crippen LogP contribution in [0.1, 0.15) is 29.5 Å². The Morgan fingerprint density at radius 3 is 2.26 bits per heavy atom. The molecule has 1 aromatic heterocycles. The fourth-order valence-corrected chi connectivity index (χ4v) is 6.79. The topological polar surface area (TPSA) is 59.7 Å². The number of hydrogen-bond acceptors (Lipinski definition) is 5. The summed E-state index contributed by atoms with van der Waals surface area (Å²) in [5, 5.41) is 5.71. The number of thioether (sulfide) groups is 1. The van der Waals surface area contributed by atoms with E-state index < -0.39 is 0 Å². The Morgan fingerprint density at radius 1 is 0.848 bits per heavy atom. The Labute approximate surface area is 272 Å². The van der Waals surface area contributed by atoms with Gasteiger partial charge in [-0.25, -0.2) is 9.07 Å². The molecule has 0 spiro atoms. The molecule has 2 aliphatic heterocycles. The van der Waals surface area contributed by atoms with Gasteiger partial charge in [-0.1, -0.05) is 60.7 Å². The first-order valence-electron chi connectivity index (χ1n) is 15.5. The number of likely N-dealkylation sites (tertiary alicyclic amines) is 1. The number of ether oxygens (including phenoxy) is 1. The lowest BCUT2D eigenvalue weighted by Gasteiger charge is -2.32. The summed E-state index contributed by atoms with van der Waals surface area (Å²) in [5.74, 6) is 0.855. The van der Waals surface area contributed by atoms with Crippen LogP contribution in [0.15, 0.2) is 125 Å². The summed E-state index contributed by atoms with van der Waals surface area (Å²) in [6.07, 6.45) is 7.12. The SMILES string of the molecule is O=C1N=C(N2CCC(Cc3ccccc3)CC2)SC1=Cc1cn(-c2ccccc2)nc1-c1ccc(OCc2ccc(F)cc2)cc1. The molecular formula is C38H33FN4O2S. The van der Waals surface area contributed by atoms with E-state index in [-0.39, 0.29) is 11.7 Å². The van der Waals surface area contributed by atoms with Gasteiger partial charge in [0.2, 0.25) is 0 Å². The monoisotopic (exact) mass is 628 g/mol. The highest BCUT2D eigenvalue weighted by Crippen LogP contribution is 2.35. The molecule has 46 heavy (non-hydrogen) atoms. The van der Waals surface area contributed by atoms with Crippen molar-refractivity contribution in [2.24, 2.45) is 10.9 Å². The van der Waals surface area contributed by atoms with E-state index in [0.717, 1.165) is 65.6 Å². The third-order valence-corrected chi connectivity index (χ3v) is 9.40. The Balaban J connectivity index is 1.07. The molecule has 8 heteroatoms. The van der Waals surface area contributed by atoms with Crippen molar-refractivity contribution in [1.82, 2.24) is 14.7 Å². The van der Waals surface area contributed by atoms with E-state index in [1.54, 1.807) is 12.1 Å². The maximum atomic E-state index is 13.2. The molecule has 5 aromatic rings. The Hall–Kier alpha value is -4.95. The molecule has 0 N–H and O–H groups in total. The van der Waals surface area contributed by atoms with Crippen molar-refractivity contribution < 1.29 is 13.9 Å². The van der Waals surface area contributed by atoms with Crippen LogP contribution in [0.5, 0.6) is 5.75 Å². The molecule has 0 bridgehead atoms. The zero-order chi connectivity index (χ0) is 31.3. The standard InChI is InChI=1S/C38H33FN4O2S/c39-32-15-11-29(12-16-32)26-45-34-17-13-30(14-18-34)36-31(25-43(41-36)33-9-5-2-6-10-33)24-35-37(44)40-38(46-35)42-21-19-28(20-22-42)23-27-7-3-1-4-8-27/h1-18,24-25,28H,19-23,26H2. The third kappa shape index (κ3) is 6.97. The van der Waals surface area contributed by atoms with Gasteiger partial charge in [-0.05, 0) is 103 Å². The van der Waals surface area contributed by atoms with Crippen LogP contribution in [0.4, 0.5) is 4.39 Å². The van der Waals surface area contributed by atoms with E-state index in [1.165, 1.54) is 29.5 Å². The Morgan fingerprint density at radius 2 is 1.54 bits per heavy atom. The number of amidine groups is 1. The number of nitrogens with zero attached hydrogens (tertiary/aromatic N) is 4. The summed E-state index contributed by atoms with van der Waals surface area (Å²) >= 11 is 1.45. The van der Waals surface area contributed by atoms with Crippen LogP contribution in [0, 0.1) is 11.7 Å². The first kappa shape index (κ1) is 29.7. The normalized spacial score (nSPS) is 16.2. The van der Waals surface area contributed by atoms with Crippen molar-refractivity contribution in [3.05, 3.63) is 143 Å². The zero-order valence-electron chi connectivity index (χ0n) is 25.3. The predicted molar refractivity (Wildman–Crippen MR) is 182 cm³/mol. The Bertz CT molecular complexity index is 1860. The second-order valence-corrected chi connectivity index (χ2v) is 12.6. The number of aliphatic imine (C=N–C) groups is 1. The minimum absolute atomic E-state index is 0.214. The molecule has 1 saturated heterocycles. The summed E-state index contributed by atoms with van der Waals surface area (Å²) < 4.78 is 21.0. The van der Waals surface area contributed by atoms with Crippen LogP contribution in [-0.4, -0.2) is 38.8 Å². The molecule has 7 rings (SSSR count). The first-order chi connectivity index (χ1) is 22.6. The highest BCUT2D eigenvalue weighted by Gasteiger charge is 2.29. The summed E-state index contributed by atoms with van der Waals surface area (Å²) in [5.41, 5.74) is 5.68. The number of para-hydroxylation sites is 1. The molecule has 1 fully saturated rings. The maximum absolute atomic E-state index is 13.2. The van der Waals surface area contributed by atoms with E-state index in [4.69, 9.17) is 9.84 Å². The van der Waals surface area contributed by atoms with Crippen molar-refractivity contribution >= 4 is 28.9 Å². The van der Waals surface area contributed by atoms with Crippen molar-refractivity contribution in [2.75, 3.05) is 13.1 Å². The molecule has 0 atom stereocenters. The molecule has 0 unspecified atom stereocenters. The number of amides is 1. The maximum Gasteiger partial charge on any atom is 0.286 e. The molecule has 0 saturated carbocycles. The average molecular weight is 629 g/mol. The number of halogens is 1. The fourth-order valence-electron chi connectivity index (χ4n) is 5.84. The molecular weight excluding hydrogens is 596 g/mol. The number of carbonyl (C=O) groups is 1. The van der Waals surface area contributed by atoms with Crippen molar-refractivity contribution in [1.29, 1.82) is 0 Å². The molecule has 0 radical (unpaired) electrons. The molecule has 2 aliphatic rings. The van der Waals surface area contributed by atoms with Crippen molar-refractivity contribution in [2.45, 2.75) is 25.9 Å².